The van der Waals surface area contributed by atoms with Gasteiger partial charge < -0.3 is 0 Å². The van der Waals surface area contributed by atoms with Crippen LogP contribution in [0.4, 0.5) is 0 Å². The predicted octanol–water partition coefficient (Wildman–Crippen LogP) is 3.63. The van der Waals surface area contributed by atoms with E-state index in [0.717, 1.165) is 17.8 Å². The van der Waals surface area contributed by atoms with Gasteiger partial charge in [0, 0.05) is 0 Å². The van der Waals surface area contributed by atoms with E-state index in [0.29, 0.717) is 0 Å². The smallest absolute Gasteiger partial charge is 0.0231 e. The Morgan fingerprint density at radius 3 is 2.64 bits per heavy atom. The van der Waals surface area contributed by atoms with Gasteiger partial charge in [-0.25, -0.2) is 0 Å². The van der Waals surface area contributed by atoms with Crippen molar-refractivity contribution < 1.29 is 0 Å². The SMILES string of the molecule is CCC1CC(C)C(C)=CC1C. The van der Waals surface area contributed by atoms with Crippen LogP contribution in [-0.2, 0) is 0 Å². The summed E-state index contributed by atoms with van der Waals surface area (Å²) in [7, 11) is 0. The molecule has 0 N–H and O–H groups in total. The molecule has 0 heteroatoms. The molecule has 0 bridgehead atoms. The first kappa shape index (κ1) is 8.83. The maximum atomic E-state index is 2.46. The summed E-state index contributed by atoms with van der Waals surface area (Å²) in [5.41, 5.74) is 1.60. The molecule has 3 unspecified atom stereocenters. The van der Waals surface area contributed by atoms with Crippen LogP contribution in [0.5, 0.6) is 0 Å². The Bertz CT molecular complexity index is 155. The van der Waals surface area contributed by atoms with Crippen molar-refractivity contribution >= 4 is 0 Å². The fourth-order valence-electron chi connectivity index (χ4n) is 2.11. The number of hydrogen-bond acceptors (Lipinski definition) is 0. The largest absolute Gasteiger partial charge is 0.0822 e. The molecular weight excluding hydrogens is 132 g/mol. The van der Waals surface area contributed by atoms with Crippen LogP contribution in [0.1, 0.15) is 40.5 Å². The molecule has 0 spiro atoms. The zero-order valence-electron chi connectivity index (χ0n) is 8.22. The van der Waals surface area contributed by atoms with E-state index in [2.05, 4.69) is 33.8 Å². The average Bonchev–Trinajstić information content (AvgIpc) is 1.97. The molecule has 0 aromatic carbocycles. The monoisotopic (exact) mass is 152 g/mol. The van der Waals surface area contributed by atoms with Crippen LogP contribution in [0.25, 0.3) is 0 Å². The van der Waals surface area contributed by atoms with Crippen LogP contribution in [0.2, 0.25) is 0 Å². The van der Waals surface area contributed by atoms with Gasteiger partial charge in [-0.2, -0.15) is 0 Å². The van der Waals surface area contributed by atoms with Crippen LogP contribution in [0.3, 0.4) is 0 Å². The van der Waals surface area contributed by atoms with Crippen molar-refractivity contribution in [3.63, 3.8) is 0 Å². The third-order valence-corrected chi connectivity index (χ3v) is 3.23. The highest BCUT2D eigenvalue weighted by Crippen LogP contribution is 2.34. The Morgan fingerprint density at radius 2 is 2.09 bits per heavy atom. The number of hydrogen-bond donors (Lipinski definition) is 0. The van der Waals surface area contributed by atoms with Crippen molar-refractivity contribution in [2.75, 3.05) is 0 Å². The first-order valence-corrected chi connectivity index (χ1v) is 4.83. The van der Waals surface area contributed by atoms with Crippen LogP contribution >= 0.6 is 0 Å². The minimum atomic E-state index is 0.816. The van der Waals surface area contributed by atoms with Gasteiger partial charge in [-0.05, 0) is 31.1 Å². The van der Waals surface area contributed by atoms with Gasteiger partial charge >= 0.3 is 0 Å². The molecule has 0 amide bonds. The van der Waals surface area contributed by atoms with E-state index in [-0.39, 0.29) is 0 Å². The van der Waals surface area contributed by atoms with Crippen molar-refractivity contribution in [3.8, 4) is 0 Å². The fourth-order valence-corrected chi connectivity index (χ4v) is 2.11. The second-order valence-electron chi connectivity index (χ2n) is 4.07. The summed E-state index contributed by atoms with van der Waals surface area (Å²) in [6.45, 7) is 9.28. The lowest BCUT2D eigenvalue weighted by atomic mass is 9.76. The molecular formula is C11H20. The summed E-state index contributed by atoms with van der Waals surface area (Å²) in [5.74, 6) is 2.58. The highest BCUT2D eigenvalue weighted by atomic mass is 14.3. The highest BCUT2D eigenvalue weighted by Gasteiger charge is 2.22. The first-order chi connectivity index (χ1) is 5.15. The Balaban J connectivity index is 2.67. The average molecular weight is 152 g/mol. The third-order valence-electron chi connectivity index (χ3n) is 3.23. The summed E-state index contributed by atoms with van der Waals surface area (Å²) < 4.78 is 0. The van der Waals surface area contributed by atoms with Crippen molar-refractivity contribution in [2.24, 2.45) is 17.8 Å². The zero-order chi connectivity index (χ0) is 8.43. The molecule has 0 aromatic heterocycles. The molecule has 0 fully saturated rings. The Labute approximate surface area is 70.7 Å². The molecule has 0 aliphatic heterocycles. The molecule has 11 heavy (non-hydrogen) atoms. The van der Waals surface area contributed by atoms with E-state index in [1.165, 1.54) is 12.8 Å². The molecule has 1 rings (SSSR count). The minimum absolute atomic E-state index is 0.816. The Hall–Kier alpha value is -0.260. The van der Waals surface area contributed by atoms with E-state index in [1.54, 1.807) is 5.57 Å². The van der Waals surface area contributed by atoms with Crippen molar-refractivity contribution in [1.29, 1.82) is 0 Å². The number of rotatable bonds is 1. The number of allylic oxidation sites excluding steroid dienone is 2. The van der Waals surface area contributed by atoms with Gasteiger partial charge in [-0.15, -0.1) is 0 Å². The maximum Gasteiger partial charge on any atom is -0.0231 e. The lowest BCUT2D eigenvalue weighted by Gasteiger charge is -2.30. The summed E-state index contributed by atoms with van der Waals surface area (Å²) in [6.07, 6.45) is 5.21. The second kappa shape index (κ2) is 3.42. The Kier molecular flexibility index (Phi) is 2.75. The molecule has 0 nitrogen and oxygen atoms in total. The highest BCUT2D eigenvalue weighted by molar-refractivity contribution is 5.09. The van der Waals surface area contributed by atoms with Crippen LogP contribution in [-0.4, -0.2) is 0 Å². The van der Waals surface area contributed by atoms with E-state index in [9.17, 15) is 0 Å². The third kappa shape index (κ3) is 1.85. The standard InChI is InChI=1S/C11H20/c1-5-11-7-9(3)8(2)6-10(11)4/h6,9-11H,5,7H2,1-4H3. The van der Waals surface area contributed by atoms with Gasteiger partial charge in [0.05, 0.1) is 0 Å². The van der Waals surface area contributed by atoms with Gasteiger partial charge in [-0.3, -0.25) is 0 Å². The summed E-state index contributed by atoms with van der Waals surface area (Å²) in [5, 5.41) is 0. The summed E-state index contributed by atoms with van der Waals surface area (Å²) in [4.78, 5) is 0. The van der Waals surface area contributed by atoms with E-state index >= 15 is 0 Å². The van der Waals surface area contributed by atoms with Gasteiger partial charge in [-0.1, -0.05) is 38.8 Å². The van der Waals surface area contributed by atoms with Crippen LogP contribution < -0.4 is 0 Å². The molecule has 0 saturated carbocycles. The summed E-state index contributed by atoms with van der Waals surface area (Å²) >= 11 is 0. The van der Waals surface area contributed by atoms with E-state index < -0.39 is 0 Å². The fraction of sp³-hybridized carbons (Fsp3) is 0.818. The van der Waals surface area contributed by atoms with Gasteiger partial charge in [0.15, 0.2) is 0 Å². The topological polar surface area (TPSA) is 0 Å². The Morgan fingerprint density at radius 1 is 1.45 bits per heavy atom. The lowest BCUT2D eigenvalue weighted by Crippen LogP contribution is -2.19. The second-order valence-corrected chi connectivity index (χ2v) is 4.07. The van der Waals surface area contributed by atoms with Crippen LogP contribution in [0.15, 0.2) is 11.6 Å². The summed E-state index contributed by atoms with van der Waals surface area (Å²) in [6, 6.07) is 0. The van der Waals surface area contributed by atoms with Crippen LogP contribution in [0, 0.1) is 17.8 Å². The van der Waals surface area contributed by atoms with Crippen molar-refractivity contribution in [3.05, 3.63) is 11.6 Å². The van der Waals surface area contributed by atoms with Crippen molar-refractivity contribution in [1.82, 2.24) is 0 Å². The molecule has 1 aliphatic carbocycles. The normalized spacial score (nSPS) is 38.5. The van der Waals surface area contributed by atoms with Gasteiger partial charge in [0.25, 0.3) is 0 Å². The lowest BCUT2D eigenvalue weighted by molar-refractivity contribution is 0.315. The minimum Gasteiger partial charge on any atom is -0.0822 e. The van der Waals surface area contributed by atoms with Gasteiger partial charge in [0.1, 0.15) is 0 Å². The molecule has 64 valence electrons. The first-order valence-electron chi connectivity index (χ1n) is 4.83. The zero-order valence-corrected chi connectivity index (χ0v) is 8.22. The van der Waals surface area contributed by atoms with E-state index in [4.69, 9.17) is 0 Å². The predicted molar refractivity (Wildman–Crippen MR) is 50.5 cm³/mol. The van der Waals surface area contributed by atoms with E-state index in [1.807, 2.05) is 0 Å². The molecule has 0 saturated heterocycles. The van der Waals surface area contributed by atoms with Crippen molar-refractivity contribution in [2.45, 2.75) is 40.5 Å². The molecule has 3 atom stereocenters. The van der Waals surface area contributed by atoms with Gasteiger partial charge in [0.2, 0.25) is 0 Å². The maximum absolute atomic E-state index is 2.46. The quantitative estimate of drug-likeness (QED) is 0.503. The molecule has 0 radical (unpaired) electrons. The molecule has 1 aliphatic rings. The molecule has 0 heterocycles. The molecule has 0 aromatic rings.